The number of hydrogen-bond donors (Lipinski definition) is 1. The molecular weight excluding hydrogens is 291 g/mol. The summed E-state index contributed by atoms with van der Waals surface area (Å²) in [5.41, 5.74) is 0.0841. The van der Waals surface area contributed by atoms with E-state index in [1.54, 1.807) is 13.0 Å². The van der Waals surface area contributed by atoms with Gasteiger partial charge >= 0.3 is 0 Å². The summed E-state index contributed by atoms with van der Waals surface area (Å²) in [7, 11) is 0. The van der Waals surface area contributed by atoms with Crippen molar-refractivity contribution in [2.45, 2.75) is 38.8 Å². The first kappa shape index (κ1) is 15.8. The molecule has 0 spiro atoms. The number of carbonyl (C=O) groups excluding carboxylic acids is 2. The summed E-state index contributed by atoms with van der Waals surface area (Å²) in [6.45, 7) is 2.21. The van der Waals surface area contributed by atoms with Gasteiger partial charge in [-0.25, -0.2) is 4.39 Å². The summed E-state index contributed by atoms with van der Waals surface area (Å²) in [4.78, 5) is 25.3. The largest absolute Gasteiger partial charge is 0.298 e. The van der Waals surface area contributed by atoms with Gasteiger partial charge in [0, 0.05) is 6.54 Å². The Morgan fingerprint density at radius 1 is 1.33 bits per heavy atom. The average Bonchev–Trinajstić information content (AvgIpc) is 2.44. The third kappa shape index (κ3) is 3.75. The topological polar surface area (TPSA) is 49.4 Å². The van der Waals surface area contributed by atoms with Crippen LogP contribution in [-0.2, 0) is 9.59 Å². The molecule has 4 nitrogen and oxygen atoms in total. The number of thiocarbonyl (C=S) groups is 1. The number of nitrogens with one attached hydrogen (secondary N) is 1. The molecule has 2 amide bonds. The molecular formula is C15H19FN2O2S. The van der Waals surface area contributed by atoms with Gasteiger partial charge in [-0.15, -0.1) is 0 Å². The highest BCUT2D eigenvalue weighted by molar-refractivity contribution is 7.80. The van der Waals surface area contributed by atoms with E-state index in [1.165, 1.54) is 11.0 Å². The van der Waals surface area contributed by atoms with Crippen molar-refractivity contribution in [3.63, 3.8) is 0 Å². The van der Waals surface area contributed by atoms with Crippen molar-refractivity contribution in [1.29, 1.82) is 0 Å². The predicted octanol–water partition coefficient (Wildman–Crippen LogP) is 2.26. The third-order valence-corrected chi connectivity index (χ3v) is 4.17. The summed E-state index contributed by atoms with van der Waals surface area (Å²) in [5.74, 6) is -0.519. The van der Waals surface area contributed by atoms with E-state index in [4.69, 9.17) is 12.2 Å². The van der Waals surface area contributed by atoms with Crippen LogP contribution in [0.3, 0.4) is 0 Å². The molecule has 1 aliphatic carbocycles. The van der Waals surface area contributed by atoms with Gasteiger partial charge in [0.1, 0.15) is 11.7 Å². The Balaban J connectivity index is 2.03. The second kappa shape index (κ2) is 6.93. The van der Waals surface area contributed by atoms with Crippen LogP contribution >= 0.6 is 12.2 Å². The predicted molar refractivity (Wildman–Crippen MR) is 82.2 cm³/mol. The molecule has 0 aromatic carbocycles. The molecule has 1 aliphatic heterocycles. The highest BCUT2D eigenvalue weighted by atomic mass is 32.1. The third-order valence-electron chi connectivity index (χ3n) is 3.85. The van der Waals surface area contributed by atoms with E-state index in [1.807, 2.05) is 6.08 Å². The molecule has 2 fully saturated rings. The van der Waals surface area contributed by atoms with Gasteiger partial charge < -0.3 is 0 Å². The molecule has 114 valence electrons. The van der Waals surface area contributed by atoms with E-state index in [0.29, 0.717) is 25.3 Å². The number of carbonyl (C=O) groups is 2. The van der Waals surface area contributed by atoms with Crippen LogP contribution in [-0.4, -0.2) is 34.5 Å². The van der Waals surface area contributed by atoms with Crippen LogP contribution < -0.4 is 5.32 Å². The maximum atomic E-state index is 13.0. The van der Waals surface area contributed by atoms with Crippen LogP contribution in [0.2, 0.25) is 0 Å². The Kier molecular flexibility index (Phi) is 5.22. The molecule has 1 saturated carbocycles. The Hall–Kier alpha value is -1.56. The molecule has 0 bridgehead atoms. The number of halogens is 1. The van der Waals surface area contributed by atoms with E-state index in [-0.39, 0.29) is 16.6 Å². The SMILES string of the molecule is CCN1C(=O)/C(=C/C=C/C2CCC(F)CC2)C(=O)NC1=S. The van der Waals surface area contributed by atoms with Crippen molar-refractivity contribution in [2.24, 2.45) is 5.92 Å². The highest BCUT2D eigenvalue weighted by Crippen LogP contribution is 2.27. The molecule has 6 heteroatoms. The standard InChI is InChI=1S/C15H19FN2O2S/c1-2-18-14(20)12(13(19)17-15(18)21)5-3-4-10-6-8-11(16)9-7-10/h3-5,10-11H,2,6-9H2,1H3,(H,17,19,21)/b4-3+,12-5+. The zero-order valence-electron chi connectivity index (χ0n) is 12.0. The molecule has 2 aliphatic rings. The normalized spacial score (nSPS) is 29.3. The molecule has 2 rings (SSSR count). The summed E-state index contributed by atoms with van der Waals surface area (Å²) < 4.78 is 13.0. The Bertz CT molecular complexity index is 508. The zero-order valence-corrected chi connectivity index (χ0v) is 12.8. The van der Waals surface area contributed by atoms with Gasteiger partial charge in [-0.1, -0.05) is 12.2 Å². The monoisotopic (exact) mass is 310 g/mol. The molecule has 0 radical (unpaired) electrons. The Morgan fingerprint density at radius 2 is 2.00 bits per heavy atom. The number of alkyl halides is 1. The number of amides is 2. The van der Waals surface area contributed by atoms with Crippen molar-refractivity contribution in [3.05, 3.63) is 23.8 Å². The van der Waals surface area contributed by atoms with Gasteiger partial charge in [-0.3, -0.25) is 19.8 Å². The average molecular weight is 310 g/mol. The van der Waals surface area contributed by atoms with Crippen molar-refractivity contribution < 1.29 is 14.0 Å². The second-order valence-electron chi connectivity index (χ2n) is 5.29. The maximum Gasteiger partial charge on any atom is 0.265 e. The van der Waals surface area contributed by atoms with Crippen LogP contribution in [0.15, 0.2) is 23.8 Å². The second-order valence-corrected chi connectivity index (χ2v) is 5.67. The molecule has 0 aromatic heterocycles. The van der Waals surface area contributed by atoms with Gasteiger partial charge in [0.15, 0.2) is 5.11 Å². The number of hydrogen-bond acceptors (Lipinski definition) is 3. The first-order chi connectivity index (χ1) is 10.0. The minimum atomic E-state index is -0.683. The quantitative estimate of drug-likeness (QED) is 0.494. The van der Waals surface area contributed by atoms with Crippen LogP contribution in [0.1, 0.15) is 32.6 Å². The number of allylic oxidation sites excluding steroid dienone is 3. The lowest BCUT2D eigenvalue weighted by atomic mass is 9.88. The van der Waals surface area contributed by atoms with Gasteiger partial charge in [-0.05, 0) is 56.8 Å². The maximum absolute atomic E-state index is 13.0. The van der Waals surface area contributed by atoms with Crippen molar-refractivity contribution in [1.82, 2.24) is 10.2 Å². The molecule has 0 unspecified atom stereocenters. The van der Waals surface area contributed by atoms with Crippen molar-refractivity contribution >= 4 is 29.1 Å². The van der Waals surface area contributed by atoms with Crippen LogP contribution in [0, 0.1) is 5.92 Å². The first-order valence-electron chi connectivity index (χ1n) is 7.22. The lowest BCUT2D eigenvalue weighted by Gasteiger charge is -2.27. The molecule has 1 saturated heterocycles. The summed E-state index contributed by atoms with van der Waals surface area (Å²) in [6, 6.07) is 0. The van der Waals surface area contributed by atoms with E-state index in [9.17, 15) is 14.0 Å². The molecule has 1 heterocycles. The summed E-state index contributed by atoms with van der Waals surface area (Å²) in [6.07, 6.45) is 7.30. The molecule has 1 N–H and O–H groups in total. The van der Waals surface area contributed by atoms with Gasteiger partial charge in [-0.2, -0.15) is 0 Å². The summed E-state index contributed by atoms with van der Waals surface area (Å²) >= 11 is 4.95. The van der Waals surface area contributed by atoms with Crippen LogP contribution in [0.25, 0.3) is 0 Å². The van der Waals surface area contributed by atoms with E-state index in [2.05, 4.69) is 5.32 Å². The van der Waals surface area contributed by atoms with Gasteiger partial charge in [0.2, 0.25) is 0 Å². The number of nitrogens with zero attached hydrogens (tertiary/aromatic N) is 1. The van der Waals surface area contributed by atoms with E-state index in [0.717, 1.165) is 12.8 Å². The number of likely N-dealkylation sites (N-methyl/N-ethyl adjacent to an activating group) is 1. The molecule has 21 heavy (non-hydrogen) atoms. The zero-order chi connectivity index (χ0) is 15.4. The fourth-order valence-electron chi connectivity index (χ4n) is 2.58. The Labute approximate surface area is 129 Å². The fraction of sp³-hybridized carbons (Fsp3) is 0.533. The van der Waals surface area contributed by atoms with Gasteiger partial charge in [0.05, 0.1) is 0 Å². The number of rotatable bonds is 3. The van der Waals surface area contributed by atoms with E-state index < -0.39 is 12.1 Å². The summed E-state index contributed by atoms with van der Waals surface area (Å²) in [5, 5.41) is 2.65. The fourth-order valence-corrected chi connectivity index (χ4v) is 2.89. The molecule has 0 atom stereocenters. The van der Waals surface area contributed by atoms with Crippen molar-refractivity contribution in [3.8, 4) is 0 Å². The van der Waals surface area contributed by atoms with Crippen LogP contribution in [0.5, 0.6) is 0 Å². The van der Waals surface area contributed by atoms with Gasteiger partial charge in [0.25, 0.3) is 11.8 Å². The first-order valence-corrected chi connectivity index (χ1v) is 7.63. The van der Waals surface area contributed by atoms with Crippen LogP contribution in [0.4, 0.5) is 4.39 Å². The highest BCUT2D eigenvalue weighted by Gasteiger charge is 2.31. The molecule has 0 aromatic rings. The minimum Gasteiger partial charge on any atom is -0.298 e. The van der Waals surface area contributed by atoms with E-state index >= 15 is 0 Å². The minimum absolute atomic E-state index is 0.0841. The Morgan fingerprint density at radius 3 is 2.62 bits per heavy atom. The van der Waals surface area contributed by atoms with Crippen molar-refractivity contribution in [2.75, 3.05) is 6.54 Å². The lowest BCUT2D eigenvalue weighted by molar-refractivity contribution is -0.128. The smallest absolute Gasteiger partial charge is 0.265 e. The lowest BCUT2D eigenvalue weighted by Crippen LogP contribution is -2.53.